The molecule has 136 valence electrons. The summed E-state index contributed by atoms with van der Waals surface area (Å²) in [4.78, 5) is 26.3. The molecule has 1 aromatic heterocycles. The van der Waals surface area contributed by atoms with Gasteiger partial charge in [0, 0.05) is 12.7 Å². The van der Waals surface area contributed by atoms with Gasteiger partial charge in [-0.2, -0.15) is 11.3 Å². The number of hydrogen-bond donors (Lipinski definition) is 1. The van der Waals surface area contributed by atoms with Gasteiger partial charge in [-0.3, -0.25) is 0 Å². The molecule has 0 bridgehead atoms. The van der Waals surface area contributed by atoms with E-state index in [1.54, 1.807) is 14.0 Å². The third-order valence-electron chi connectivity index (χ3n) is 4.54. The first-order valence-corrected chi connectivity index (χ1v) is 9.50. The van der Waals surface area contributed by atoms with Crippen LogP contribution in [0, 0.1) is 0 Å². The van der Waals surface area contributed by atoms with Crippen LogP contribution >= 0.6 is 11.3 Å². The fourth-order valence-corrected chi connectivity index (χ4v) is 3.64. The van der Waals surface area contributed by atoms with E-state index in [1.165, 1.54) is 21.8 Å². The molecule has 1 aliphatic rings. The third kappa shape index (κ3) is 3.96. The van der Waals surface area contributed by atoms with Crippen molar-refractivity contribution in [1.82, 2.24) is 10.2 Å². The highest BCUT2D eigenvalue weighted by Crippen LogP contribution is 2.31. The largest absolute Gasteiger partial charge is 0.462 e. The van der Waals surface area contributed by atoms with Crippen molar-refractivity contribution in [1.29, 1.82) is 0 Å². The maximum absolute atomic E-state index is 12.7. The van der Waals surface area contributed by atoms with Gasteiger partial charge in [-0.25, -0.2) is 9.59 Å². The van der Waals surface area contributed by atoms with E-state index in [-0.39, 0.29) is 12.0 Å². The number of nitrogens with zero attached hydrogens (tertiary/aromatic N) is 1. The number of aryl methyl sites for hydroxylation is 1. The number of benzene rings is 1. The number of ether oxygens (including phenoxy) is 1. The van der Waals surface area contributed by atoms with E-state index in [2.05, 4.69) is 17.4 Å². The Labute approximate surface area is 157 Å². The molecular weight excluding hydrogens is 348 g/mol. The Morgan fingerprint density at radius 1 is 1.27 bits per heavy atom. The number of esters is 1. The second kappa shape index (κ2) is 8.19. The van der Waals surface area contributed by atoms with Gasteiger partial charge in [-0.05, 0) is 47.7 Å². The maximum Gasteiger partial charge on any atom is 0.338 e. The molecule has 1 atom stereocenters. The predicted molar refractivity (Wildman–Crippen MR) is 102 cm³/mol. The summed E-state index contributed by atoms with van der Waals surface area (Å²) in [7, 11) is 1.65. The van der Waals surface area contributed by atoms with Gasteiger partial charge in [0.15, 0.2) is 0 Å². The summed E-state index contributed by atoms with van der Waals surface area (Å²) < 4.78 is 5.51. The summed E-state index contributed by atoms with van der Waals surface area (Å²) in [5.41, 5.74) is 3.23. The van der Waals surface area contributed by atoms with Gasteiger partial charge in [0.2, 0.25) is 0 Å². The molecule has 2 aromatic rings. The van der Waals surface area contributed by atoms with E-state index in [1.807, 2.05) is 35.0 Å². The first kappa shape index (κ1) is 18.2. The van der Waals surface area contributed by atoms with Crippen molar-refractivity contribution >= 4 is 23.3 Å². The number of nitrogens with one attached hydrogen (secondary N) is 1. The van der Waals surface area contributed by atoms with Crippen LogP contribution in [-0.4, -0.2) is 30.6 Å². The molecular formula is C20H22N2O3S. The quantitative estimate of drug-likeness (QED) is 0.620. The lowest BCUT2D eigenvalue weighted by atomic mass is 9.97. The topological polar surface area (TPSA) is 58.6 Å². The molecule has 1 unspecified atom stereocenters. The van der Waals surface area contributed by atoms with E-state index in [0.29, 0.717) is 17.9 Å². The molecule has 26 heavy (non-hydrogen) atoms. The number of rotatable bonds is 6. The van der Waals surface area contributed by atoms with Gasteiger partial charge >= 0.3 is 12.0 Å². The fourth-order valence-electron chi connectivity index (χ4n) is 2.95. The van der Waals surface area contributed by atoms with Gasteiger partial charge in [0.25, 0.3) is 0 Å². The van der Waals surface area contributed by atoms with Crippen LogP contribution in [0.2, 0.25) is 0 Å². The van der Waals surface area contributed by atoms with Crippen LogP contribution in [0.15, 0.2) is 58.4 Å². The monoisotopic (exact) mass is 370 g/mol. The zero-order chi connectivity index (χ0) is 18.5. The summed E-state index contributed by atoms with van der Waals surface area (Å²) in [5.74, 6) is -0.376. The number of carbonyl (C=O) groups is 2. The summed E-state index contributed by atoms with van der Waals surface area (Å²) in [6.07, 6.45) is 1.62. The molecule has 2 amide bonds. The van der Waals surface area contributed by atoms with Gasteiger partial charge in [0.05, 0.1) is 18.2 Å². The lowest BCUT2D eigenvalue weighted by Gasteiger charge is -2.32. The van der Waals surface area contributed by atoms with Crippen LogP contribution in [0.4, 0.5) is 4.79 Å². The first-order valence-electron chi connectivity index (χ1n) is 8.56. The van der Waals surface area contributed by atoms with E-state index < -0.39 is 6.04 Å². The molecule has 1 aromatic carbocycles. The molecule has 0 aliphatic carbocycles. The highest BCUT2D eigenvalue weighted by Gasteiger charge is 2.35. The van der Waals surface area contributed by atoms with Crippen molar-refractivity contribution < 1.29 is 14.3 Å². The van der Waals surface area contributed by atoms with E-state index >= 15 is 0 Å². The zero-order valence-corrected chi connectivity index (χ0v) is 15.7. The minimum atomic E-state index is -0.466. The number of allylic oxidation sites excluding steroid dienone is 1. The Balaban J connectivity index is 1.67. The fraction of sp³-hybridized carbons (Fsp3) is 0.300. The molecule has 0 radical (unpaired) electrons. The normalized spacial score (nSPS) is 17.2. The van der Waals surface area contributed by atoms with Crippen LogP contribution in [-0.2, 0) is 16.0 Å². The number of carbonyl (C=O) groups excluding carboxylic acids is 2. The Morgan fingerprint density at radius 3 is 2.73 bits per heavy atom. The first-order chi connectivity index (χ1) is 12.6. The van der Waals surface area contributed by atoms with Gasteiger partial charge in [-0.15, -0.1) is 0 Å². The summed E-state index contributed by atoms with van der Waals surface area (Å²) in [6.45, 7) is 2.12. The molecule has 1 aliphatic heterocycles. The molecule has 5 nitrogen and oxygen atoms in total. The Bertz CT molecular complexity index is 800. The average molecular weight is 370 g/mol. The number of hydrogen-bond acceptors (Lipinski definition) is 4. The second-order valence-electron chi connectivity index (χ2n) is 6.22. The van der Waals surface area contributed by atoms with Crippen LogP contribution < -0.4 is 5.32 Å². The van der Waals surface area contributed by atoms with Crippen LogP contribution in [0.3, 0.4) is 0 Å². The van der Waals surface area contributed by atoms with Gasteiger partial charge in [0.1, 0.15) is 0 Å². The minimum absolute atomic E-state index is 0.223. The van der Waals surface area contributed by atoms with Crippen LogP contribution in [0.5, 0.6) is 0 Å². The van der Waals surface area contributed by atoms with Gasteiger partial charge < -0.3 is 15.0 Å². The third-order valence-corrected chi connectivity index (χ3v) is 5.24. The van der Waals surface area contributed by atoms with Crippen LogP contribution in [0.25, 0.3) is 0 Å². The smallest absolute Gasteiger partial charge is 0.338 e. The highest BCUT2D eigenvalue weighted by molar-refractivity contribution is 7.08. The Morgan fingerprint density at radius 2 is 2.04 bits per heavy atom. The molecule has 0 saturated heterocycles. The molecule has 3 rings (SSSR count). The van der Waals surface area contributed by atoms with E-state index in [0.717, 1.165) is 18.4 Å². The van der Waals surface area contributed by atoms with Crippen molar-refractivity contribution in [3.05, 3.63) is 69.6 Å². The lowest BCUT2D eigenvalue weighted by Crippen LogP contribution is -2.46. The Kier molecular flexibility index (Phi) is 5.73. The van der Waals surface area contributed by atoms with Crippen molar-refractivity contribution in [2.24, 2.45) is 0 Å². The average Bonchev–Trinajstić information content (AvgIpc) is 3.18. The summed E-state index contributed by atoms with van der Waals surface area (Å²) in [5, 5.41) is 6.75. The van der Waals surface area contributed by atoms with Crippen molar-refractivity contribution in [3.63, 3.8) is 0 Å². The molecule has 6 heteroatoms. The number of amides is 2. The van der Waals surface area contributed by atoms with E-state index in [4.69, 9.17) is 4.74 Å². The van der Waals surface area contributed by atoms with Crippen molar-refractivity contribution in [3.8, 4) is 0 Å². The molecule has 0 spiro atoms. The lowest BCUT2D eigenvalue weighted by molar-refractivity contribution is -0.139. The zero-order valence-electron chi connectivity index (χ0n) is 14.9. The highest BCUT2D eigenvalue weighted by atomic mass is 32.1. The van der Waals surface area contributed by atoms with Crippen molar-refractivity contribution in [2.45, 2.75) is 25.8 Å². The molecule has 0 fully saturated rings. The molecule has 0 saturated carbocycles. The minimum Gasteiger partial charge on any atom is -0.462 e. The van der Waals surface area contributed by atoms with Crippen molar-refractivity contribution in [2.75, 3.05) is 13.7 Å². The molecule has 1 N–H and O–H groups in total. The summed E-state index contributed by atoms with van der Waals surface area (Å²) in [6, 6.07) is 11.3. The number of urea groups is 1. The van der Waals surface area contributed by atoms with E-state index in [9.17, 15) is 9.59 Å². The summed E-state index contributed by atoms with van der Waals surface area (Å²) >= 11 is 1.53. The second-order valence-corrected chi connectivity index (χ2v) is 7.00. The SMILES string of the molecule is CC1=C(C(=O)OCCCc2ccccc2)C(c2ccsc2)NC(=O)N1C. The Hall–Kier alpha value is -2.60. The van der Waals surface area contributed by atoms with Gasteiger partial charge in [-0.1, -0.05) is 30.3 Å². The predicted octanol–water partition coefficient (Wildman–Crippen LogP) is 3.89. The number of thiophene rings is 1. The van der Waals surface area contributed by atoms with Crippen LogP contribution in [0.1, 0.15) is 30.5 Å². The maximum atomic E-state index is 12.7. The standard InChI is InChI=1S/C20H22N2O3S/c1-14-17(18(16-10-12-26-13-16)21-20(24)22(14)2)19(23)25-11-6-9-15-7-4-3-5-8-15/h3-5,7-8,10,12-13,18H,6,9,11H2,1-2H3,(H,21,24). The molecule has 2 heterocycles.